The molecule has 1 fully saturated rings. The molecule has 0 unspecified atom stereocenters. The first-order valence-corrected chi connectivity index (χ1v) is 11.0. The number of fused-ring (bicyclic) bond motifs is 4. The molecule has 8 heteroatoms. The second kappa shape index (κ2) is 7.54. The molecule has 3 aliphatic rings. The van der Waals surface area contributed by atoms with Crippen LogP contribution in [-0.4, -0.2) is 35.7 Å². The molecule has 1 atom stereocenters. The lowest BCUT2D eigenvalue weighted by molar-refractivity contribution is -0.0648. The van der Waals surface area contributed by atoms with Crippen LogP contribution >= 0.6 is 0 Å². The number of nitrogens with zero attached hydrogens (tertiary/aromatic N) is 3. The second-order valence-corrected chi connectivity index (χ2v) is 8.93. The summed E-state index contributed by atoms with van der Waals surface area (Å²) in [6.45, 7) is 3.75. The van der Waals surface area contributed by atoms with Crippen molar-refractivity contribution < 1.29 is 18.6 Å². The lowest BCUT2D eigenvalue weighted by Gasteiger charge is -2.41. The van der Waals surface area contributed by atoms with Crippen molar-refractivity contribution in [1.82, 2.24) is 9.97 Å². The van der Waals surface area contributed by atoms with Gasteiger partial charge in [0.15, 0.2) is 5.60 Å². The highest BCUT2D eigenvalue weighted by Gasteiger charge is 2.47. The molecule has 1 aromatic carbocycles. The van der Waals surface area contributed by atoms with E-state index in [4.69, 9.17) is 19.9 Å². The fourth-order valence-corrected chi connectivity index (χ4v) is 4.51. The van der Waals surface area contributed by atoms with E-state index >= 15 is 0 Å². The molecule has 0 bridgehead atoms. The van der Waals surface area contributed by atoms with Crippen LogP contribution in [0.2, 0.25) is 0 Å². The number of amidine groups is 1. The lowest BCUT2D eigenvalue weighted by atomic mass is 9.79. The van der Waals surface area contributed by atoms with Crippen LogP contribution in [0.5, 0.6) is 11.6 Å². The van der Waals surface area contributed by atoms with Gasteiger partial charge in [-0.25, -0.2) is 15.0 Å². The van der Waals surface area contributed by atoms with Crippen LogP contribution in [0.1, 0.15) is 30.0 Å². The molecule has 0 aliphatic carbocycles. The Bertz CT molecular complexity index is 1410. The topological polar surface area (TPSA) is 91.9 Å². The third-order valence-corrected chi connectivity index (χ3v) is 6.34. The summed E-state index contributed by atoms with van der Waals surface area (Å²) >= 11 is 0. The van der Waals surface area contributed by atoms with Gasteiger partial charge < -0.3 is 19.9 Å². The monoisotopic (exact) mass is 456 g/mol. The Balaban J connectivity index is 1.50. The van der Waals surface area contributed by atoms with E-state index in [0.717, 1.165) is 11.1 Å². The molecule has 5 heterocycles. The molecule has 170 valence electrons. The summed E-state index contributed by atoms with van der Waals surface area (Å²) < 4.78 is 32.2. The molecule has 3 aromatic rings. The maximum atomic E-state index is 14.5. The zero-order valence-corrected chi connectivity index (χ0v) is 18.5. The zero-order chi connectivity index (χ0) is 23.3. The van der Waals surface area contributed by atoms with E-state index in [1.54, 1.807) is 30.5 Å². The zero-order valence-electron chi connectivity index (χ0n) is 18.5. The Labute approximate surface area is 195 Å². The fraction of sp³-hybridized carbons (Fsp3) is 0.269. The van der Waals surface area contributed by atoms with E-state index in [2.05, 4.69) is 33.7 Å². The first-order chi connectivity index (χ1) is 16.5. The molecule has 7 nitrogen and oxygen atoms in total. The highest BCUT2D eigenvalue weighted by molar-refractivity contribution is 5.75. The summed E-state index contributed by atoms with van der Waals surface area (Å²) in [5.74, 6) is 6.94. The number of hydrogen-bond donors (Lipinski definition) is 1. The van der Waals surface area contributed by atoms with E-state index in [1.165, 1.54) is 6.20 Å². The second-order valence-electron chi connectivity index (χ2n) is 8.93. The minimum atomic E-state index is -0.988. The number of aliphatic imine (C=N–C) groups is 1. The predicted molar refractivity (Wildman–Crippen MR) is 123 cm³/mol. The van der Waals surface area contributed by atoms with Crippen LogP contribution in [0.3, 0.4) is 0 Å². The van der Waals surface area contributed by atoms with Crippen LogP contribution < -0.4 is 10.5 Å². The summed E-state index contributed by atoms with van der Waals surface area (Å²) in [4.78, 5) is 12.6. The molecule has 2 N–H and O–H groups in total. The van der Waals surface area contributed by atoms with Crippen LogP contribution in [0.4, 0.5) is 4.39 Å². The first kappa shape index (κ1) is 20.6. The minimum Gasteiger partial charge on any atom is -0.449 e. The SMILES string of the molecule is CC1(C#Cc2cnc3c(c2)[C@]2(CCN=C(N)O2)c2cc(-c4cccnc4F)ccc2O3)COC1. The van der Waals surface area contributed by atoms with Crippen molar-refractivity contribution in [2.45, 2.75) is 18.9 Å². The molecule has 0 radical (unpaired) electrons. The Morgan fingerprint density at radius 2 is 2.00 bits per heavy atom. The van der Waals surface area contributed by atoms with Gasteiger partial charge in [-0.3, -0.25) is 0 Å². The van der Waals surface area contributed by atoms with Gasteiger partial charge in [-0.15, -0.1) is 0 Å². The van der Waals surface area contributed by atoms with Crippen LogP contribution in [0.25, 0.3) is 11.1 Å². The molecule has 0 amide bonds. The molecule has 34 heavy (non-hydrogen) atoms. The maximum absolute atomic E-state index is 14.5. The highest BCUT2D eigenvalue weighted by Crippen LogP contribution is 2.52. The standard InChI is InChI=1S/C26H21FN4O3/c1-25(14-32-15-25)7-6-16-11-20-23(31-13-16)33-21-5-4-17(18-3-2-9-29-22(18)27)12-19(21)26(20)8-10-30-24(28)34-26/h2-5,9,11-13H,8,10,14-15H2,1H3,(H2,28,30)/t26-/m0/s1. The molecule has 0 saturated carbocycles. The smallest absolute Gasteiger partial charge is 0.283 e. The number of aromatic nitrogens is 2. The van der Waals surface area contributed by atoms with Crippen molar-refractivity contribution in [3.05, 3.63) is 71.4 Å². The number of halogens is 1. The number of pyridine rings is 2. The van der Waals surface area contributed by atoms with E-state index in [1.807, 2.05) is 12.1 Å². The molecular weight excluding hydrogens is 435 g/mol. The van der Waals surface area contributed by atoms with Crippen molar-refractivity contribution in [2.24, 2.45) is 16.1 Å². The lowest BCUT2D eigenvalue weighted by Crippen LogP contribution is -2.42. The average molecular weight is 456 g/mol. The van der Waals surface area contributed by atoms with Crippen molar-refractivity contribution in [3.8, 4) is 34.6 Å². The summed E-state index contributed by atoms with van der Waals surface area (Å²) in [6.07, 6.45) is 3.62. The summed E-state index contributed by atoms with van der Waals surface area (Å²) in [6, 6.07) is 10.8. The number of benzene rings is 1. The van der Waals surface area contributed by atoms with Gasteiger partial charge in [0.1, 0.15) is 5.75 Å². The van der Waals surface area contributed by atoms with Gasteiger partial charge >= 0.3 is 0 Å². The maximum Gasteiger partial charge on any atom is 0.283 e. The van der Waals surface area contributed by atoms with Gasteiger partial charge in [-0.05, 0) is 42.8 Å². The third kappa shape index (κ3) is 3.28. The van der Waals surface area contributed by atoms with E-state index in [-0.39, 0.29) is 11.4 Å². The Hall–Kier alpha value is -3.96. The molecule has 3 aliphatic heterocycles. The van der Waals surface area contributed by atoms with Crippen molar-refractivity contribution in [3.63, 3.8) is 0 Å². The van der Waals surface area contributed by atoms with Crippen molar-refractivity contribution in [1.29, 1.82) is 0 Å². The largest absolute Gasteiger partial charge is 0.449 e. The van der Waals surface area contributed by atoms with Gasteiger partial charge in [0.05, 0.1) is 24.2 Å². The average Bonchev–Trinajstić information content (AvgIpc) is 2.82. The number of nitrogens with two attached hydrogens (primary N) is 1. The fourth-order valence-electron chi connectivity index (χ4n) is 4.51. The Morgan fingerprint density at radius 3 is 2.76 bits per heavy atom. The number of ether oxygens (including phenoxy) is 3. The van der Waals surface area contributed by atoms with Crippen molar-refractivity contribution >= 4 is 6.02 Å². The van der Waals surface area contributed by atoms with Gasteiger partial charge in [-0.2, -0.15) is 4.39 Å². The normalized spacial score (nSPS) is 21.5. The Morgan fingerprint density at radius 1 is 1.12 bits per heavy atom. The molecule has 6 rings (SSSR count). The van der Waals surface area contributed by atoms with Crippen LogP contribution in [0, 0.1) is 23.2 Å². The van der Waals surface area contributed by atoms with Gasteiger partial charge in [-0.1, -0.05) is 17.9 Å². The summed E-state index contributed by atoms with van der Waals surface area (Å²) in [5, 5.41) is 0. The predicted octanol–water partition coefficient (Wildman–Crippen LogP) is 3.76. The minimum absolute atomic E-state index is 0.0821. The highest BCUT2D eigenvalue weighted by atomic mass is 19.1. The first-order valence-electron chi connectivity index (χ1n) is 11.0. The molecular formula is C26H21FN4O3. The molecule has 2 aromatic heterocycles. The van der Waals surface area contributed by atoms with Gasteiger partial charge in [0.2, 0.25) is 11.8 Å². The quantitative estimate of drug-likeness (QED) is 0.443. The molecule has 1 saturated heterocycles. The number of hydrogen-bond acceptors (Lipinski definition) is 7. The van der Waals surface area contributed by atoms with E-state index in [0.29, 0.717) is 54.5 Å². The van der Waals surface area contributed by atoms with E-state index < -0.39 is 11.5 Å². The summed E-state index contributed by atoms with van der Waals surface area (Å²) in [7, 11) is 0. The van der Waals surface area contributed by atoms with Gasteiger partial charge in [0.25, 0.3) is 6.02 Å². The molecule has 1 spiro atoms. The third-order valence-electron chi connectivity index (χ3n) is 6.34. The van der Waals surface area contributed by atoms with Crippen LogP contribution in [-0.2, 0) is 15.1 Å². The number of rotatable bonds is 1. The van der Waals surface area contributed by atoms with E-state index in [9.17, 15) is 4.39 Å². The van der Waals surface area contributed by atoms with Crippen LogP contribution in [0.15, 0.2) is 53.8 Å². The summed E-state index contributed by atoms with van der Waals surface area (Å²) in [5.41, 5.74) is 8.13. The Kier molecular flexibility index (Phi) is 4.57. The van der Waals surface area contributed by atoms with Gasteiger partial charge in [0, 0.05) is 42.0 Å². The van der Waals surface area contributed by atoms with Crippen molar-refractivity contribution in [2.75, 3.05) is 19.8 Å².